The topological polar surface area (TPSA) is 90.8 Å². The van der Waals surface area contributed by atoms with E-state index in [2.05, 4.69) is 4.98 Å². The number of aromatic nitrogens is 1. The average Bonchev–Trinajstić information content (AvgIpc) is 2.69. The highest BCUT2D eigenvalue weighted by atomic mass is 32.2. The lowest BCUT2D eigenvalue weighted by Crippen LogP contribution is -2.14. The maximum atomic E-state index is 11.8. The fourth-order valence-electron chi connectivity index (χ4n) is 1.74. The maximum Gasteiger partial charge on any atom is 0.179 e. The van der Waals surface area contributed by atoms with Gasteiger partial charge in [0.1, 0.15) is 5.75 Å². The van der Waals surface area contributed by atoms with E-state index < -0.39 is 21.4 Å². The molecule has 1 N–H and O–H groups in total. The van der Waals surface area contributed by atoms with Gasteiger partial charge >= 0.3 is 0 Å². The summed E-state index contributed by atoms with van der Waals surface area (Å²) >= 11 is 0. The van der Waals surface area contributed by atoms with Gasteiger partial charge in [0.15, 0.2) is 15.6 Å². The van der Waals surface area contributed by atoms with Crippen molar-refractivity contribution < 1.29 is 13.2 Å². The Morgan fingerprint density at radius 3 is 2.78 bits per heavy atom. The van der Waals surface area contributed by atoms with Gasteiger partial charge in [0.05, 0.1) is 11.6 Å². The Bertz CT molecular complexity index is 766. The minimum atomic E-state index is -3.35. The van der Waals surface area contributed by atoms with Crippen molar-refractivity contribution in [2.75, 3.05) is 12.0 Å². The molecule has 0 radical (unpaired) electrons. The van der Waals surface area contributed by atoms with E-state index in [0.717, 1.165) is 6.26 Å². The number of sulfone groups is 1. The highest BCUT2D eigenvalue weighted by molar-refractivity contribution is 7.91. The predicted octanol–water partition coefficient (Wildman–Crippen LogP) is 1.27. The first-order valence-corrected chi connectivity index (χ1v) is 7.19. The zero-order valence-corrected chi connectivity index (χ0v) is 10.4. The molecule has 92 valence electrons. The number of rotatable bonds is 3. The Morgan fingerprint density at radius 2 is 2.17 bits per heavy atom. The quantitative estimate of drug-likeness (QED) is 0.843. The van der Waals surface area contributed by atoms with Crippen LogP contribution in [0.25, 0.3) is 10.9 Å². The molecular formula is C12H10N2O3S. The fourth-order valence-corrected chi connectivity index (χ4v) is 2.37. The maximum absolute atomic E-state index is 11.8. The molecule has 6 heteroatoms. The van der Waals surface area contributed by atoms with Gasteiger partial charge < -0.3 is 4.98 Å². The van der Waals surface area contributed by atoms with Gasteiger partial charge in [0.2, 0.25) is 0 Å². The smallest absolute Gasteiger partial charge is 0.179 e. The number of H-pyrrole nitrogens is 1. The molecule has 0 amide bonds. The zero-order valence-electron chi connectivity index (χ0n) is 9.60. The number of Topliss-reactive ketones (excluding diaryl/α,β-unsaturated/α-hetero) is 1. The summed E-state index contributed by atoms with van der Waals surface area (Å²) in [5.41, 5.74) is 1.46. The van der Waals surface area contributed by atoms with E-state index in [-0.39, 0.29) is 0 Å². The largest absolute Gasteiger partial charge is 0.360 e. The Morgan fingerprint density at radius 1 is 1.44 bits per heavy atom. The van der Waals surface area contributed by atoms with E-state index in [9.17, 15) is 13.2 Å². The summed E-state index contributed by atoms with van der Waals surface area (Å²) in [5, 5.41) is 9.38. The summed E-state index contributed by atoms with van der Waals surface area (Å²) in [4.78, 5) is 14.7. The van der Waals surface area contributed by atoms with Gasteiger partial charge in [0.25, 0.3) is 0 Å². The van der Waals surface area contributed by atoms with Crippen LogP contribution in [-0.4, -0.2) is 31.2 Å². The standard InChI is InChI=1S/C12H10N2O3S/c1-18(16,17)7-12(15)10-6-14-11-4-8(5-13)2-3-9(10)11/h2-4,6,14H,7H2,1H3. The van der Waals surface area contributed by atoms with Crippen LogP contribution in [0.5, 0.6) is 0 Å². The van der Waals surface area contributed by atoms with Crippen molar-refractivity contribution in [1.82, 2.24) is 4.98 Å². The molecule has 0 saturated carbocycles. The molecule has 18 heavy (non-hydrogen) atoms. The van der Waals surface area contributed by atoms with Crippen molar-refractivity contribution in [2.45, 2.75) is 0 Å². The van der Waals surface area contributed by atoms with Crippen molar-refractivity contribution in [1.29, 1.82) is 5.26 Å². The molecule has 0 bridgehead atoms. The molecule has 1 aromatic heterocycles. The second-order valence-corrected chi connectivity index (χ2v) is 6.21. The monoisotopic (exact) mass is 262 g/mol. The van der Waals surface area contributed by atoms with E-state index in [1.54, 1.807) is 18.2 Å². The lowest BCUT2D eigenvalue weighted by atomic mass is 10.1. The third-order valence-electron chi connectivity index (χ3n) is 2.50. The van der Waals surface area contributed by atoms with E-state index >= 15 is 0 Å². The third kappa shape index (κ3) is 2.41. The lowest BCUT2D eigenvalue weighted by Gasteiger charge is -1.98. The lowest BCUT2D eigenvalue weighted by molar-refractivity contribution is 0.102. The first kappa shape index (κ1) is 12.3. The fraction of sp³-hybridized carbons (Fsp3) is 0.167. The Balaban J connectivity index is 2.48. The van der Waals surface area contributed by atoms with Crippen LogP contribution in [-0.2, 0) is 9.84 Å². The summed E-state index contributed by atoms with van der Waals surface area (Å²) in [7, 11) is -3.35. The number of carbonyl (C=O) groups excluding carboxylic acids is 1. The van der Waals surface area contributed by atoms with Crippen molar-refractivity contribution in [3.8, 4) is 6.07 Å². The van der Waals surface area contributed by atoms with Crippen molar-refractivity contribution in [3.63, 3.8) is 0 Å². The van der Waals surface area contributed by atoms with Crippen LogP contribution in [0.15, 0.2) is 24.4 Å². The molecule has 2 rings (SSSR count). The molecule has 0 atom stereocenters. The number of aromatic amines is 1. The van der Waals surface area contributed by atoms with Crippen LogP contribution in [0.4, 0.5) is 0 Å². The van der Waals surface area contributed by atoms with Gasteiger partial charge in [-0.2, -0.15) is 5.26 Å². The first-order chi connectivity index (χ1) is 8.40. The summed E-state index contributed by atoms with van der Waals surface area (Å²) in [6.45, 7) is 0. The number of hydrogen-bond donors (Lipinski definition) is 1. The van der Waals surface area contributed by atoms with Crippen LogP contribution in [0.1, 0.15) is 15.9 Å². The molecule has 0 saturated heterocycles. The number of benzene rings is 1. The highest BCUT2D eigenvalue weighted by Gasteiger charge is 2.17. The number of ketones is 1. The summed E-state index contributed by atoms with van der Waals surface area (Å²) < 4.78 is 22.2. The molecule has 1 aromatic carbocycles. The number of fused-ring (bicyclic) bond motifs is 1. The third-order valence-corrected chi connectivity index (χ3v) is 3.29. The average molecular weight is 262 g/mol. The molecule has 0 spiro atoms. The first-order valence-electron chi connectivity index (χ1n) is 5.13. The van der Waals surface area contributed by atoms with Crippen LogP contribution in [0, 0.1) is 11.3 Å². The Labute approximate surface area is 104 Å². The summed E-state index contributed by atoms with van der Waals surface area (Å²) in [6, 6.07) is 6.84. The van der Waals surface area contributed by atoms with Crippen LogP contribution < -0.4 is 0 Å². The molecule has 2 aromatic rings. The van der Waals surface area contributed by atoms with Gasteiger partial charge in [-0.1, -0.05) is 6.07 Å². The molecule has 0 aliphatic carbocycles. The van der Waals surface area contributed by atoms with E-state index in [1.165, 1.54) is 6.20 Å². The van der Waals surface area contributed by atoms with Crippen LogP contribution in [0.2, 0.25) is 0 Å². The molecule has 0 unspecified atom stereocenters. The number of nitrogens with zero attached hydrogens (tertiary/aromatic N) is 1. The van der Waals surface area contributed by atoms with Crippen molar-refractivity contribution in [2.24, 2.45) is 0 Å². The normalized spacial score (nSPS) is 11.3. The van der Waals surface area contributed by atoms with E-state index in [1.807, 2.05) is 6.07 Å². The molecular weight excluding hydrogens is 252 g/mol. The Hall–Kier alpha value is -2.13. The van der Waals surface area contributed by atoms with Gasteiger partial charge in [-0.05, 0) is 12.1 Å². The number of hydrogen-bond acceptors (Lipinski definition) is 4. The van der Waals surface area contributed by atoms with Crippen molar-refractivity contribution >= 4 is 26.5 Å². The predicted molar refractivity (Wildman–Crippen MR) is 67.1 cm³/mol. The summed E-state index contributed by atoms with van der Waals surface area (Å²) in [5.74, 6) is -0.964. The molecule has 5 nitrogen and oxygen atoms in total. The SMILES string of the molecule is CS(=O)(=O)CC(=O)c1c[nH]c2cc(C#N)ccc12. The van der Waals surface area contributed by atoms with Crippen LogP contribution >= 0.6 is 0 Å². The number of carbonyl (C=O) groups is 1. The molecule has 1 heterocycles. The van der Waals surface area contributed by atoms with Crippen molar-refractivity contribution in [3.05, 3.63) is 35.5 Å². The van der Waals surface area contributed by atoms with E-state index in [0.29, 0.717) is 22.0 Å². The molecule has 0 fully saturated rings. The highest BCUT2D eigenvalue weighted by Crippen LogP contribution is 2.20. The Kier molecular flexibility index (Phi) is 2.93. The second-order valence-electron chi connectivity index (χ2n) is 4.07. The van der Waals surface area contributed by atoms with Gasteiger partial charge in [0, 0.05) is 28.9 Å². The zero-order chi connectivity index (χ0) is 13.3. The minimum Gasteiger partial charge on any atom is -0.360 e. The van der Waals surface area contributed by atoms with Gasteiger partial charge in [-0.3, -0.25) is 4.79 Å². The number of nitrogens with one attached hydrogen (secondary N) is 1. The number of nitriles is 1. The molecule has 0 aliphatic heterocycles. The molecule has 0 aliphatic rings. The second kappa shape index (κ2) is 4.27. The minimum absolute atomic E-state index is 0.333. The van der Waals surface area contributed by atoms with Crippen LogP contribution in [0.3, 0.4) is 0 Å². The van der Waals surface area contributed by atoms with Gasteiger partial charge in [-0.25, -0.2) is 8.42 Å². The van der Waals surface area contributed by atoms with Gasteiger partial charge in [-0.15, -0.1) is 0 Å². The summed E-state index contributed by atoms with van der Waals surface area (Å²) in [6.07, 6.45) is 2.49. The van der Waals surface area contributed by atoms with E-state index in [4.69, 9.17) is 5.26 Å².